The van der Waals surface area contributed by atoms with Crippen LogP contribution >= 0.6 is 0 Å². The van der Waals surface area contributed by atoms with Crippen LogP contribution in [0.1, 0.15) is 75.4 Å². The minimum Gasteiger partial charge on any atom is -0.489 e. The smallest absolute Gasteiger partial charge is 0.200 e. The Morgan fingerprint density at radius 2 is 2.03 bits per heavy atom. The summed E-state index contributed by atoms with van der Waals surface area (Å²) in [6, 6.07) is 1.64. The first-order valence-electron chi connectivity index (χ1n) is 12.7. The molecule has 10 heteroatoms. The Labute approximate surface area is 209 Å². The molecule has 198 valence electrons. The molecule has 2 aliphatic rings. The fraction of sp³-hybridized carbons (Fsp3) is 0.615. The van der Waals surface area contributed by atoms with Crippen molar-refractivity contribution in [3.8, 4) is 11.5 Å². The van der Waals surface area contributed by atoms with E-state index in [1.54, 1.807) is 19.9 Å². The fourth-order valence-corrected chi connectivity index (χ4v) is 4.98. The number of hydrogen-bond acceptors (Lipinski definition) is 8. The largest absolute Gasteiger partial charge is 0.489 e. The van der Waals surface area contributed by atoms with Crippen LogP contribution in [0.25, 0.3) is 11.0 Å². The number of rotatable bonds is 10. The van der Waals surface area contributed by atoms with Crippen molar-refractivity contribution in [3.05, 3.63) is 33.2 Å². The van der Waals surface area contributed by atoms with E-state index in [0.29, 0.717) is 35.3 Å². The van der Waals surface area contributed by atoms with Crippen LogP contribution in [-0.4, -0.2) is 52.2 Å². The zero-order valence-electron chi connectivity index (χ0n) is 21.0. The molecule has 1 aromatic carbocycles. The van der Waals surface area contributed by atoms with Crippen molar-refractivity contribution < 1.29 is 29.2 Å². The van der Waals surface area contributed by atoms with Gasteiger partial charge in [0.15, 0.2) is 11.4 Å². The van der Waals surface area contributed by atoms with Crippen molar-refractivity contribution in [2.24, 2.45) is 16.5 Å². The van der Waals surface area contributed by atoms with Crippen LogP contribution in [0.3, 0.4) is 0 Å². The summed E-state index contributed by atoms with van der Waals surface area (Å²) in [6.07, 6.45) is 3.34. The molecule has 2 heterocycles. The highest BCUT2D eigenvalue weighted by Crippen LogP contribution is 2.45. The van der Waals surface area contributed by atoms with E-state index in [9.17, 15) is 20.1 Å². The van der Waals surface area contributed by atoms with Crippen LogP contribution < -0.4 is 26.4 Å². The van der Waals surface area contributed by atoms with Crippen LogP contribution in [0.15, 0.2) is 20.3 Å². The first kappa shape index (κ1) is 26.2. The zero-order chi connectivity index (χ0) is 26.0. The van der Waals surface area contributed by atoms with Gasteiger partial charge in [-0.3, -0.25) is 9.79 Å². The van der Waals surface area contributed by atoms with Gasteiger partial charge in [-0.15, -0.1) is 0 Å². The van der Waals surface area contributed by atoms with Gasteiger partial charge in [0.1, 0.15) is 40.4 Å². The molecule has 1 aliphatic heterocycles. The van der Waals surface area contributed by atoms with E-state index in [1.807, 2.05) is 0 Å². The number of fused-ring (bicyclic) bond motifs is 2. The Morgan fingerprint density at radius 1 is 1.31 bits per heavy atom. The Morgan fingerprint density at radius 3 is 2.67 bits per heavy atom. The van der Waals surface area contributed by atoms with Crippen LogP contribution in [0.2, 0.25) is 0 Å². The molecule has 1 fully saturated rings. The summed E-state index contributed by atoms with van der Waals surface area (Å²) in [7, 11) is 0. The molecule has 4 rings (SSSR count). The Bertz CT molecular complexity index is 1170. The molecule has 1 aromatic heterocycles. The second-order valence-electron chi connectivity index (χ2n) is 10.3. The minimum atomic E-state index is -1.13. The zero-order valence-corrected chi connectivity index (χ0v) is 21.0. The maximum Gasteiger partial charge on any atom is 0.200 e. The van der Waals surface area contributed by atoms with Gasteiger partial charge in [0.2, 0.25) is 0 Å². The highest BCUT2D eigenvalue weighted by atomic mass is 16.5. The second kappa shape index (κ2) is 10.7. The number of guanidine groups is 1. The number of aliphatic imine (C=N–C) groups is 1. The molecule has 1 aliphatic carbocycles. The van der Waals surface area contributed by atoms with E-state index in [-0.39, 0.29) is 54.8 Å². The van der Waals surface area contributed by atoms with Gasteiger partial charge in [-0.1, -0.05) is 0 Å². The van der Waals surface area contributed by atoms with Gasteiger partial charge in [0, 0.05) is 43.2 Å². The molecule has 2 aromatic rings. The summed E-state index contributed by atoms with van der Waals surface area (Å²) >= 11 is 0. The fourth-order valence-electron chi connectivity index (χ4n) is 4.98. The van der Waals surface area contributed by atoms with Crippen LogP contribution in [0.4, 0.5) is 0 Å². The summed E-state index contributed by atoms with van der Waals surface area (Å²) in [5.41, 5.74) is 10.6. The maximum absolute atomic E-state index is 13.9. The third-order valence-electron chi connectivity index (χ3n) is 6.94. The molecule has 0 spiro atoms. The standard InChI is InChI=1S/C26H37N3O7/c1-26(2,33)20-12-16-18(35-20)13-19-21(24(16)34-14-6-3-4-7-14)22(32)15(8-5-11-30)23(36-19)17(31)9-10-29-25(27)28/h13-14,17,20,30-31,33H,3-12H2,1-2H3,(H4,27,28,29). The normalized spacial score (nSPS) is 18.8. The number of aliphatic hydroxyl groups is 3. The van der Waals surface area contributed by atoms with Crippen LogP contribution in [-0.2, 0) is 12.8 Å². The highest BCUT2D eigenvalue weighted by molar-refractivity contribution is 5.88. The lowest BCUT2D eigenvalue weighted by Crippen LogP contribution is -2.39. The van der Waals surface area contributed by atoms with Crippen molar-refractivity contribution in [2.75, 3.05) is 13.2 Å². The summed E-state index contributed by atoms with van der Waals surface area (Å²) in [5, 5.41) is 31.2. The van der Waals surface area contributed by atoms with Crippen molar-refractivity contribution in [2.45, 2.75) is 89.1 Å². The summed E-state index contributed by atoms with van der Waals surface area (Å²) in [4.78, 5) is 17.8. The lowest BCUT2D eigenvalue weighted by molar-refractivity contribution is -0.0229. The summed E-state index contributed by atoms with van der Waals surface area (Å²) in [6.45, 7) is 3.41. The second-order valence-corrected chi connectivity index (χ2v) is 10.3. The topological polar surface area (TPSA) is 174 Å². The first-order valence-corrected chi connectivity index (χ1v) is 12.7. The van der Waals surface area contributed by atoms with E-state index in [2.05, 4.69) is 4.99 Å². The monoisotopic (exact) mass is 503 g/mol. The molecule has 0 radical (unpaired) electrons. The molecule has 0 saturated heterocycles. The molecule has 10 nitrogen and oxygen atoms in total. The molecule has 0 amide bonds. The molecular weight excluding hydrogens is 466 g/mol. The molecule has 0 bridgehead atoms. The number of benzene rings is 1. The SMILES string of the molecule is CC(C)(O)C1Cc2c(cc3oc(C(O)CCN=C(N)N)c(CCCO)c(=O)c3c2OC2CCCC2)O1. The molecule has 2 atom stereocenters. The average molecular weight is 504 g/mol. The molecule has 2 unspecified atom stereocenters. The predicted octanol–water partition coefficient (Wildman–Crippen LogP) is 1.81. The predicted molar refractivity (Wildman–Crippen MR) is 135 cm³/mol. The van der Waals surface area contributed by atoms with Gasteiger partial charge in [-0.05, 0) is 52.4 Å². The van der Waals surface area contributed by atoms with Gasteiger partial charge in [-0.25, -0.2) is 0 Å². The Hall–Kier alpha value is -2.82. The quantitative estimate of drug-likeness (QED) is 0.239. The van der Waals surface area contributed by atoms with E-state index in [0.717, 1.165) is 31.2 Å². The molecule has 1 saturated carbocycles. The van der Waals surface area contributed by atoms with Crippen LogP contribution in [0.5, 0.6) is 11.5 Å². The lowest BCUT2D eigenvalue weighted by atomic mass is 9.95. The van der Waals surface area contributed by atoms with E-state index in [4.69, 9.17) is 25.4 Å². The third-order valence-corrected chi connectivity index (χ3v) is 6.94. The van der Waals surface area contributed by atoms with Gasteiger partial charge in [-0.2, -0.15) is 0 Å². The molecular formula is C26H37N3O7. The van der Waals surface area contributed by atoms with Gasteiger partial charge in [0.25, 0.3) is 0 Å². The van der Waals surface area contributed by atoms with E-state index in [1.165, 1.54) is 0 Å². The van der Waals surface area contributed by atoms with Crippen molar-refractivity contribution in [1.82, 2.24) is 0 Å². The summed E-state index contributed by atoms with van der Waals surface area (Å²) < 4.78 is 18.7. The van der Waals surface area contributed by atoms with Gasteiger partial charge < -0.3 is 40.7 Å². The van der Waals surface area contributed by atoms with Crippen LogP contribution in [0, 0.1) is 0 Å². The average Bonchev–Trinajstić information content (AvgIpc) is 3.47. The minimum absolute atomic E-state index is 0.0222. The Balaban J connectivity index is 1.87. The number of aliphatic hydroxyl groups excluding tert-OH is 2. The highest BCUT2D eigenvalue weighted by Gasteiger charge is 2.39. The number of nitrogens with two attached hydrogens (primary N) is 2. The summed E-state index contributed by atoms with van der Waals surface area (Å²) in [5.74, 6) is 0.956. The van der Waals surface area contributed by atoms with E-state index >= 15 is 0 Å². The van der Waals surface area contributed by atoms with Gasteiger partial charge >= 0.3 is 0 Å². The number of nitrogens with zero attached hydrogens (tertiary/aromatic N) is 1. The van der Waals surface area contributed by atoms with Crippen molar-refractivity contribution >= 4 is 16.9 Å². The van der Waals surface area contributed by atoms with Crippen molar-refractivity contribution in [3.63, 3.8) is 0 Å². The van der Waals surface area contributed by atoms with Gasteiger partial charge in [0.05, 0.1) is 11.7 Å². The lowest BCUT2D eigenvalue weighted by Gasteiger charge is -2.24. The third kappa shape index (κ3) is 5.45. The maximum atomic E-state index is 13.9. The van der Waals surface area contributed by atoms with Crippen molar-refractivity contribution in [1.29, 1.82) is 0 Å². The Kier molecular flexibility index (Phi) is 7.77. The number of ether oxygens (including phenoxy) is 2. The number of hydrogen-bond donors (Lipinski definition) is 5. The van der Waals surface area contributed by atoms with E-state index < -0.39 is 17.8 Å². The first-order chi connectivity index (χ1) is 17.1. The molecule has 7 N–H and O–H groups in total. The molecule has 36 heavy (non-hydrogen) atoms.